The molecule has 6 rings (SSSR count). The van der Waals surface area contributed by atoms with E-state index in [9.17, 15) is 0 Å². The SMILES string of the molecule is CC1(C)c2cc(Cl)ccc2N(CCCOc2ccccc2)C12C=Nc1c(ccc3ccccc13)O2. The third-order valence-electron chi connectivity index (χ3n) is 7.25. The molecule has 1 atom stereocenters. The molecule has 4 nitrogen and oxygen atoms in total. The summed E-state index contributed by atoms with van der Waals surface area (Å²) in [6, 6.07) is 28.5. The molecule has 4 aromatic rings. The van der Waals surface area contributed by atoms with Crippen molar-refractivity contribution < 1.29 is 9.47 Å². The summed E-state index contributed by atoms with van der Waals surface area (Å²) in [7, 11) is 0. The molecule has 1 spiro atoms. The second-order valence-corrected chi connectivity index (χ2v) is 10.1. The summed E-state index contributed by atoms with van der Waals surface area (Å²) < 4.78 is 12.9. The molecule has 0 fully saturated rings. The first-order valence-electron chi connectivity index (χ1n) is 12.0. The van der Waals surface area contributed by atoms with Gasteiger partial charge in [-0.2, -0.15) is 0 Å². The third-order valence-corrected chi connectivity index (χ3v) is 7.49. The molecular formula is C30H27ClN2O2. The molecule has 2 heterocycles. The lowest BCUT2D eigenvalue weighted by molar-refractivity contribution is 0.0768. The third kappa shape index (κ3) is 3.47. The van der Waals surface area contributed by atoms with Gasteiger partial charge in [-0.25, -0.2) is 0 Å². The smallest absolute Gasteiger partial charge is 0.228 e. The van der Waals surface area contributed by atoms with E-state index in [0.717, 1.165) is 57.2 Å². The first-order valence-corrected chi connectivity index (χ1v) is 12.4. The van der Waals surface area contributed by atoms with Gasteiger partial charge in [0.2, 0.25) is 5.72 Å². The summed E-state index contributed by atoms with van der Waals surface area (Å²) in [5, 5.41) is 2.97. The van der Waals surface area contributed by atoms with Crippen LogP contribution in [0.3, 0.4) is 0 Å². The molecule has 0 aromatic heterocycles. The zero-order valence-electron chi connectivity index (χ0n) is 19.9. The Hall–Kier alpha value is -3.50. The minimum atomic E-state index is -0.776. The van der Waals surface area contributed by atoms with Crippen LogP contribution in [0.2, 0.25) is 5.02 Å². The molecule has 35 heavy (non-hydrogen) atoms. The van der Waals surface area contributed by atoms with Gasteiger partial charge in [0.05, 0.1) is 18.2 Å². The maximum absolute atomic E-state index is 6.95. The van der Waals surface area contributed by atoms with Crippen LogP contribution in [0, 0.1) is 0 Å². The summed E-state index contributed by atoms with van der Waals surface area (Å²) in [5.74, 6) is 1.68. The lowest BCUT2D eigenvalue weighted by Gasteiger charge is -2.46. The number of benzene rings is 4. The van der Waals surface area contributed by atoms with E-state index in [4.69, 9.17) is 26.1 Å². The van der Waals surface area contributed by atoms with Crippen molar-refractivity contribution in [3.63, 3.8) is 0 Å². The largest absolute Gasteiger partial charge is 0.494 e. The first kappa shape index (κ1) is 22.0. The van der Waals surface area contributed by atoms with Gasteiger partial charge in [0, 0.05) is 22.6 Å². The average molecular weight is 483 g/mol. The molecule has 0 bridgehead atoms. The van der Waals surface area contributed by atoms with Crippen LogP contribution in [0.1, 0.15) is 25.8 Å². The molecule has 0 amide bonds. The zero-order valence-corrected chi connectivity index (χ0v) is 20.6. The Kier molecular flexibility index (Phi) is 5.23. The number of ether oxygens (including phenoxy) is 2. The van der Waals surface area contributed by atoms with Gasteiger partial charge in [-0.1, -0.05) is 60.1 Å². The summed E-state index contributed by atoms with van der Waals surface area (Å²) in [6.45, 7) is 5.78. The number of fused-ring (bicyclic) bond motifs is 4. The van der Waals surface area contributed by atoms with E-state index in [-0.39, 0.29) is 5.41 Å². The molecule has 2 aliphatic rings. The van der Waals surface area contributed by atoms with Crippen LogP contribution >= 0.6 is 11.6 Å². The van der Waals surface area contributed by atoms with Gasteiger partial charge >= 0.3 is 0 Å². The first-order chi connectivity index (χ1) is 17.0. The highest BCUT2D eigenvalue weighted by atomic mass is 35.5. The van der Waals surface area contributed by atoms with E-state index < -0.39 is 5.72 Å². The molecule has 4 aromatic carbocycles. The van der Waals surface area contributed by atoms with Crippen LogP contribution in [0.15, 0.2) is 89.9 Å². The molecule has 0 saturated heterocycles. The van der Waals surface area contributed by atoms with E-state index in [0.29, 0.717) is 6.61 Å². The maximum atomic E-state index is 6.95. The van der Waals surface area contributed by atoms with Crippen LogP contribution in [0.5, 0.6) is 11.5 Å². The number of anilines is 1. The molecule has 0 radical (unpaired) electrons. The average Bonchev–Trinajstić information content (AvgIpc) is 3.05. The normalized spacial score (nSPS) is 19.5. The molecule has 176 valence electrons. The predicted molar refractivity (Wildman–Crippen MR) is 144 cm³/mol. The Balaban J connectivity index is 1.37. The van der Waals surface area contributed by atoms with Crippen LogP contribution in [-0.4, -0.2) is 25.1 Å². The van der Waals surface area contributed by atoms with Crippen molar-refractivity contribution in [3.05, 3.63) is 95.5 Å². The van der Waals surface area contributed by atoms with Gasteiger partial charge < -0.3 is 14.4 Å². The van der Waals surface area contributed by atoms with Gasteiger partial charge in [-0.05, 0) is 67.6 Å². The number of para-hydroxylation sites is 1. The summed E-state index contributed by atoms with van der Waals surface area (Å²) >= 11 is 6.45. The van der Waals surface area contributed by atoms with E-state index in [1.54, 1.807) is 0 Å². The molecule has 0 saturated carbocycles. The van der Waals surface area contributed by atoms with E-state index >= 15 is 0 Å². The second kappa shape index (κ2) is 8.31. The van der Waals surface area contributed by atoms with Crippen LogP contribution < -0.4 is 14.4 Å². The highest BCUT2D eigenvalue weighted by Gasteiger charge is 2.59. The quantitative estimate of drug-likeness (QED) is 0.275. The van der Waals surface area contributed by atoms with Crippen molar-refractivity contribution >= 4 is 40.0 Å². The Morgan fingerprint density at radius 3 is 2.60 bits per heavy atom. The molecule has 1 unspecified atom stereocenters. The van der Waals surface area contributed by atoms with Gasteiger partial charge in [-0.15, -0.1) is 0 Å². The monoisotopic (exact) mass is 482 g/mol. The van der Waals surface area contributed by atoms with Crippen LogP contribution in [-0.2, 0) is 5.41 Å². The van der Waals surface area contributed by atoms with Crippen molar-refractivity contribution in [2.45, 2.75) is 31.4 Å². The molecule has 0 N–H and O–H groups in total. The Morgan fingerprint density at radius 1 is 0.943 bits per heavy atom. The molecule has 5 heteroatoms. The summed E-state index contributed by atoms with van der Waals surface area (Å²) in [6.07, 6.45) is 2.82. The van der Waals surface area contributed by atoms with E-state index in [1.807, 2.05) is 60.8 Å². The fourth-order valence-electron chi connectivity index (χ4n) is 5.38. The number of rotatable bonds is 5. The highest BCUT2D eigenvalue weighted by Crippen LogP contribution is 2.55. The fourth-order valence-corrected chi connectivity index (χ4v) is 5.55. The van der Waals surface area contributed by atoms with Gasteiger partial charge in [0.15, 0.2) is 0 Å². The van der Waals surface area contributed by atoms with E-state index in [1.165, 1.54) is 0 Å². The lowest BCUT2D eigenvalue weighted by atomic mass is 9.77. The molecular weight excluding hydrogens is 456 g/mol. The number of halogens is 1. The Labute approximate surface area is 210 Å². The van der Waals surface area contributed by atoms with Gasteiger partial charge in [-0.3, -0.25) is 4.99 Å². The minimum absolute atomic E-state index is 0.389. The van der Waals surface area contributed by atoms with Gasteiger partial charge in [0.1, 0.15) is 17.2 Å². The van der Waals surface area contributed by atoms with Crippen molar-refractivity contribution in [1.29, 1.82) is 0 Å². The molecule has 0 aliphatic carbocycles. The fraction of sp³-hybridized carbons (Fsp3) is 0.233. The zero-order chi connectivity index (χ0) is 24.0. The number of nitrogens with zero attached hydrogens (tertiary/aromatic N) is 2. The Bertz CT molecular complexity index is 1430. The topological polar surface area (TPSA) is 34.1 Å². The maximum Gasteiger partial charge on any atom is 0.228 e. The highest BCUT2D eigenvalue weighted by molar-refractivity contribution is 6.30. The number of hydrogen-bond donors (Lipinski definition) is 0. The van der Waals surface area contributed by atoms with Gasteiger partial charge in [0.25, 0.3) is 0 Å². The van der Waals surface area contributed by atoms with Crippen molar-refractivity contribution in [1.82, 2.24) is 0 Å². The van der Waals surface area contributed by atoms with Crippen LogP contribution in [0.25, 0.3) is 10.8 Å². The number of aliphatic imine (C=N–C) groups is 1. The van der Waals surface area contributed by atoms with Crippen LogP contribution in [0.4, 0.5) is 11.4 Å². The molecule has 2 aliphatic heterocycles. The summed E-state index contributed by atoms with van der Waals surface area (Å²) in [4.78, 5) is 7.36. The standard InChI is InChI=1S/C30H27ClN2O2/c1-29(2)25-19-22(31)14-15-26(25)33(17-8-18-34-23-10-4-3-5-11-23)30(29)20-32-28-24-12-7-6-9-21(24)13-16-27(28)35-30/h3-7,9-16,19-20H,8,17-18H2,1-2H3. The lowest BCUT2D eigenvalue weighted by Crippen LogP contribution is -2.62. The van der Waals surface area contributed by atoms with Crippen molar-refractivity contribution in [3.8, 4) is 11.5 Å². The van der Waals surface area contributed by atoms with Crippen molar-refractivity contribution in [2.24, 2.45) is 4.99 Å². The van der Waals surface area contributed by atoms with Crippen molar-refractivity contribution in [2.75, 3.05) is 18.1 Å². The Morgan fingerprint density at radius 2 is 1.74 bits per heavy atom. The van der Waals surface area contributed by atoms with E-state index in [2.05, 4.69) is 49.1 Å². The number of hydrogen-bond acceptors (Lipinski definition) is 4. The summed E-state index contributed by atoms with van der Waals surface area (Å²) in [5.41, 5.74) is 1.99. The predicted octanol–water partition coefficient (Wildman–Crippen LogP) is 7.55. The minimum Gasteiger partial charge on any atom is -0.494 e. The second-order valence-electron chi connectivity index (χ2n) is 9.64.